The first-order valence-corrected chi connectivity index (χ1v) is 15.5. The highest BCUT2D eigenvalue weighted by atomic mass is 32.2. The zero-order chi connectivity index (χ0) is 30.5. The first kappa shape index (κ1) is 31.9. The predicted molar refractivity (Wildman–Crippen MR) is 162 cm³/mol. The van der Waals surface area contributed by atoms with E-state index in [2.05, 4.69) is 10.6 Å². The lowest BCUT2D eigenvalue weighted by atomic mass is 10.0. The van der Waals surface area contributed by atoms with Gasteiger partial charge in [0.2, 0.25) is 9.84 Å². The highest BCUT2D eigenvalue weighted by Crippen LogP contribution is 2.32. The smallest absolute Gasteiger partial charge is 0.263 e. The molecule has 0 aliphatic carbocycles. The van der Waals surface area contributed by atoms with Gasteiger partial charge in [0.25, 0.3) is 11.8 Å². The number of benzene rings is 3. The normalized spacial score (nSPS) is 13.2. The van der Waals surface area contributed by atoms with E-state index < -0.39 is 15.7 Å². The number of rotatable bonds is 17. The van der Waals surface area contributed by atoms with Crippen LogP contribution in [0.4, 0.5) is 0 Å². The summed E-state index contributed by atoms with van der Waals surface area (Å²) in [6.07, 6.45) is 1.82. The van der Waals surface area contributed by atoms with Gasteiger partial charge in [-0.15, -0.1) is 0 Å². The molecule has 0 spiro atoms. The molecule has 0 saturated heterocycles. The molecular formula is C32H36N2O8S. The van der Waals surface area contributed by atoms with Gasteiger partial charge >= 0.3 is 0 Å². The summed E-state index contributed by atoms with van der Waals surface area (Å²) in [6, 6.07) is 21.4. The molecule has 2 N–H and O–H groups in total. The van der Waals surface area contributed by atoms with Crippen LogP contribution in [0.1, 0.15) is 22.3 Å². The third-order valence-electron chi connectivity index (χ3n) is 6.57. The summed E-state index contributed by atoms with van der Waals surface area (Å²) in [5.74, 6) is -0.188. The second kappa shape index (κ2) is 16.0. The van der Waals surface area contributed by atoms with Crippen LogP contribution in [-0.2, 0) is 28.8 Å². The van der Waals surface area contributed by atoms with Crippen molar-refractivity contribution >= 4 is 27.7 Å². The molecule has 1 aliphatic heterocycles. The number of fused-ring (bicyclic) bond motifs is 1. The lowest BCUT2D eigenvalue weighted by Crippen LogP contribution is -2.31. The fraction of sp³-hybridized carbons (Fsp3) is 0.312. The summed E-state index contributed by atoms with van der Waals surface area (Å²) in [5, 5.41) is 5.45. The summed E-state index contributed by atoms with van der Waals surface area (Å²) >= 11 is 0. The standard InChI is InChI=1S/C32H36N2O8S/c1-39-17-18-40-19-20-41-21-22-42-28-9-4-3-8-27(28)24-11-13-25(14-12-24)31(35)33-15-6-16-34-32(36)30-23-26-7-2-5-10-29(26)43(30,37)38/h2-5,7-14,23H,6,15-22H2,1H3,(H,33,35)(H,34,36). The molecule has 0 aromatic heterocycles. The molecule has 0 bridgehead atoms. The van der Waals surface area contributed by atoms with Gasteiger partial charge in [-0.05, 0) is 47.9 Å². The van der Waals surface area contributed by atoms with E-state index in [0.29, 0.717) is 69.5 Å². The number of ether oxygens (including phenoxy) is 4. The van der Waals surface area contributed by atoms with Crippen LogP contribution in [0.25, 0.3) is 17.2 Å². The summed E-state index contributed by atoms with van der Waals surface area (Å²) in [7, 11) is -2.19. The van der Waals surface area contributed by atoms with E-state index in [-0.39, 0.29) is 22.3 Å². The van der Waals surface area contributed by atoms with Gasteiger partial charge in [-0.25, -0.2) is 8.42 Å². The Morgan fingerprint density at radius 3 is 2.07 bits per heavy atom. The molecule has 228 valence electrons. The summed E-state index contributed by atoms with van der Waals surface area (Å²) < 4.78 is 47.0. The van der Waals surface area contributed by atoms with Gasteiger partial charge in [0.15, 0.2) is 0 Å². The van der Waals surface area contributed by atoms with Crippen molar-refractivity contribution in [2.24, 2.45) is 0 Å². The molecule has 11 heteroatoms. The minimum absolute atomic E-state index is 0.135. The lowest BCUT2D eigenvalue weighted by Gasteiger charge is -2.13. The molecule has 1 aliphatic rings. The van der Waals surface area contributed by atoms with Gasteiger partial charge in [-0.2, -0.15) is 0 Å². The van der Waals surface area contributed by atoms with E-state index in [1.165, 1.54) is 12.1 Å². The number of hydrogen-bond donors (Lipinski definition) is 2. The van der Waals surface area contributed by atoms with E-state index in [1.807, 2.05) is 36.4 Å². The fourth-order valence-corrected chi connectivity index (χ4v) is 5.89. The maximum Gasteiger partial charge on any atom is 0.263 e. The zero-order valence-corrected chi connectivity index (χ0v) is 24.9. The summed E-state index contributed by atoms with van der Waals surface area (Å²) in [6.45, 7) is 3.40. The second-order valence-corrected chi connectivity index (χ2v) is 11.4. The molecule has 0 atom stereocenters. The third kappa shape index (κ3) is 8.74. The summed E-state index contributed by atoms with van der Waals surface area (Å²) in [4.78, 5) is 25.0. The first-order valence-electron chi connectivity index (χ1n) is 14.0. The van der Waals surface area contributed by atoms with Crippen molar-refractivity contribution in [2.45, 2.75) is 11.3 Å². The molecule has 3 aromatic carbocycles. The number of amides is 2. The number of carbonyl (C=O) groups excluding carboxylic acids is 2. The molecular weight excluding hydrogens is 572 g/mol. The number of methoxy groups -OCH3 is 1. The zero-order valence-electron chi connectivity index (χ0n) is 24.0. The topological polar surface area (TPSA) is 129 Å². The predicted octanol–water partition coefficient (Wildman–Crippen LogP) is 3.48. The average Bonchev–Trinajstić information content (AvgIpc) is 3.30. The van der Waals surface area contributed by atoms with Crippen LogP contribution in [0.15, 0.2) is 82.6 Å². The van der Waals surface area contributed by atoms with Gasteiger partial charge in [-0.1, -0.05) is 48.5 Å². The van der Waals surface area contributed by atoms with E-state index in [1.54, 1.807) is 37.4 Å². The molecule has 1 heterocycles. The number of nitrogens with one attached hydrogen (secondary N) is 2. The molecule has 2 amide bonds. The second-order valence-electron chi connectivity index (χ2n) is 9.55. The maximum absolute atomic E-state index is 12.6. The molecule has 0 radical (unpaired) electrons. The van der Waals surface area contributed by atoms with Crippen LogP contribution in [-0.4, -0.2) is 80.1 Å². The van der Waals surface area contributed by atoms with Crippen LogP contribution in [0.2, 0.25) is 0 Å². The Labute approximate surface area is 251 Å². The minimum Gasteiger partial charge on any atom is -0.491 e. The average molecular weight is 609 g/mol. The molecule has 43 heavy (non-hydrogen) atoms. The van der Waals surface area contributed by atoms with Crippen molar-refractivity contribution in [2.75, 3.05) is 59.8 Å². The Kier molecular flexibility index (Phi) is 11.9. The number of sulfone groups is 1. The van der Waals surface area contributed by atoms with Crippen molar-refractivity contribution in [3.63, 3.8) is 0 Å². The number of para-hydroxylation sites is 1. The Balaban J connectivity index is 1.18. The van der Waals surface area contributed by atoms with E-state index in [4.69, 9.17) is 18.9 Å². The SMILES string of the molecule is COCCOCCOCCOc1ccccc1-c1ccc(C(=O)NCCCNC(=O)C2=Cc3ccccc3S2(=O)=O)cc1. The third-order valence-corrected chi connectivity index (χ3v) is 8.40. The van der Waals surface area contributed by atoms with E-state index >= 15 is 0 Å². The van der Waals surface area contributed by atoms with Gasteiger partial charge in [-0.3, -0.25) is 9.59 Å². The Hall–Kier alpha value is -4.03. The van der Waals surface area contributed by atoms with Crippen molar-refractivity contribution in [1.29, 1.82) is 0 Å². The molecule has 10 nitrogen and oxygen atoms in total. The Bertz CT molecular complexity index is 1520. The number of carbonyl (C=O) groups is 2. The van der Waals surface area contributed by atoms with Crippen LogP contribution in [0.3, 0.4) is 0 Å². The summed E-state index contributed by atoms with van der Waals surface area (Å²) in [5.41, 5.74) is 2.80. The van der Waals surface area contributed by atoms with Crippen LogP contribution in [0.5, 0.6) is 5.75 Å². The highest BCUT2D eigenvalue weighted by Gasteiger charge is 2.33. The highest BCUT2D eigenvalue weighted by molar-refractivity contribution is 7.96. The van der Waals surface area contributed by atoms with Gasteiger partial charge < -0.3 is 29.6 Å². The molecule has 4 rings (SSSR count). The van der Waals surface area contributed by atoms with Crippen molar-refractivity contribution in [3.8, 4) is 16.9 Å². The van der Waals surface area contributed by atoms with Gasteiger partial charge in [0.05, 0.1) is 37.9 Å². The van der Waals surface area contributed by atoms with E-state index in [9.17, 15) is 18.0 Å². The number of hydrogen-bond acceptors (Lipinski definition) is 8. The van der Waals surface area contributed by atoms with Crippen molar-refractivity contribution < 1.29 is 37.0 Å². The van der Waals surface area contributed by atoms with E-state index in [0.717, 1.165) is 11.1 Å². The van der Waals surface area contributed by atoms with Crippen LogP contribution < -0.4 is 15.4 Å². The van der Waals surface area contributed by atoms with Crippen LogP contribution in [0, 0.1) is 0 Å². The molecule has 0 fully saturated rings. The Morgan fingerprint density at radius 2 is 1.35 bits per heavy atom. The first-order chi connectivity index (χ1) is 20.9. The maximum atomic E-state index is 12.6. The van der Waals surface area contributed by atoms with Crippen molar-refractivity contribution in [1.82, 2.24) is 10.6 Å². The fourth-order valence-electron chi connectivity index (χ4n) is 4.36. The van der Waals surface area contributed by atoms with Gasteiger partial charge in [0.1, 0.15) is 17.3 Å². The largest absolute Gasteiger partial charge is 0.491 e. The van der Waals surface area contributed by atoms with Crippen LogP contribution >= 0.6 is 0 Å². The molecule has 0 unspecified atom stereocenters. The monoisotopic (exact) mass is 608 g/mol. The quantitative estimate of drug-likeness (QED) is 0.223. The lowest BCUT2D eigenvalue weighted by molar-refractivity contribution is -0.116. The Morgan fingerprint density at radius 1 is 0.721 bits per heavy atom. The van der Waals surface area contributed by atoms with Gasteiger partial charge in [0, 0.05) is 31.3 Å². The molecule has 3 aromatic rings. The van der Waals surface area contributed by atoms with Crippen molar-refractivity contribution in [3.05, 3.63) is 88.8 Å². The molecule has 0 saturated carbocycles. The minimum atomic E-state index is -3.82.